The molecule has 5 heteroatoms. The molecule has 0 aliphatic heterocycles. The molecular formula is C3H10ClFO2Si. The van der Waals surface area contributed by atoms with E-state index in [-0.39, 0.29) is 0 Å². The molecule has 0 aliphatic carbocycles. The minimum atomic E-state index is -1.69. The molecule has 0 rings (SSSR count). The summed E-state index contributed by atoms with van der Waals surface area (Å²) in [7, 11) is 1.88. The van der Waals surface area contributed by atoms with E-state index in [1.165, 1.54) is 14.2 Å². The lowest BCUT2D eigenvalue weighted by atomic mass is 11.8. The molecule has 0 saturated carbocycles. The molecule has 0 spiro atoms. The summed E-state index contributed by atoms with van der Waals surface area (Å²) in [5.41, 5.74) is 0. The third-order valence-electron chi connectivity index (χ3n) is 0.371. The maximum absolute atomic E-state index is 9.50. The Bertz CT molecular complexity index is 36.5. The highest BCUT2D eigenvalue weighted by Crippen LogP contribution is 1.86. The van der Waals surface area contributed by atoms with Crippen LogP contribution in [0.4, 0.5) is 4.39 Å². The van der Waals surface area contributed by atoms with Gasteiger partial charge in [0.2, 0.25) is 0 Å². The maximum Gasteiger partial charge on any atom is 0.426 e. The Morgan fingerprint density at radius 3 is 1.50 bits per heavy atom. The van der Waals surface area contributed by atoms with Crippen molar-refractivity contribution < 1.29 is 13.2 Å². The normalized spacial score (nSPS) is 8.25. The Kier molecular flexibility index (Phi) is 14.5. The van der Waals surface area contributed by atoms with E-state index in [1.807, 2.05) is 0 Å². The summed E-state index contributed by atoms with van der Waals surface area (Å²) in [6.07, 6.45) is 0. The second kappa shape index (κ2) is 10.4. The lowest BCUT2D eigenvalue weighted by Gasteiger charge is -1.97. The molecule has 0 amide bonds. The van der Waals surface area contributed by atoms with E-state index in [9.17, 15) is 4.39 Å². The molecule has 0 aromatic carbocycles. The van der Waals surface area contributed by atoms with Crippen LogP contribution >= 0.6 is 11.1 Å². The molecule has 0 atom stereocenters. The maximum atomic E-state index is 9.50. The first-order valence-corrected chi connectivity index (χ1v) is 4.57. The SMILES string of the molecule is CF.CO[SiH](Cl)OC. The third-order valence-corrected chi connectivity index (χ3v) is 2.18. The van der Waals surface area contributed by atoms with E-state index in [4.69, 9.17) is 11.1 Å². The Morgan fingerprint density at radius 1 is 1.25 bits per heavy atom. The topological polar surface area (TPSA) is 18.5 Å². The molecule has 0 saturated heterocycles. The lowest BCUT2D eigenvalue weighted by molar-refractivity contribution is 0.299. The van der Waals surface area contributed by atoms with Gasteiger partial charge in [-0.05, 0) is 0 Å². The van der Waals surface area contributed by atoms with E-state index in [1.54, 1.807) is 0 Å². The number of halogens is 2. The van der Waals surface area contributed by atoms with Gasteiger partial charge in [0.15, 0.2) is 0 Å². The van der Waals surface area contributed by atoms with Gasteiger partial charge in [-0.3, -0.25) is 4.39 Å². The molecule has 8 heavy (non-hydrogen) atoms. The first-order valence-electron chi connectivity index (χ1n) is 1.88. The van der Waals surface area contributed by atoms with Crippen LogP contribution in [0.15, 0.2) is 0 Å². The van der Waals surface area contributed by atoms with Gasteiger partial charge in [0.1, 0.15) is 0 Å². The summed E-state index contributed by atoms with van der Waals surface area (Å²) < 4.78 is 18.7. The molecule has 0 aromatic rings. The Hall–Kier alpha value is 0.357. The second-order valence-electron chi connectivity index (χ2n) is 0.746. The van der Waals surface area contributed by atoms with Crippen LogP contribution in [0.1, 0.15) is 0 Å². The van der Waals surface area contributed by atoms with Crippen LogP contribution in [0.2, 0.25) is 0 Å². The summed E-state index contributed by atoms with van der Waals surface area (Å²) in [6.45, 7) is 0. The van der Waals surface area contributed by atoms with Gasteiger partial charge in [-0.1, -0.05) is 0 Å². The third kappa shape index (κ3) is 9.61. The first kappa shape index (κ1) is 11.2. The summed E-state index contributed by atoms with van der Waals surface area (Å²) in [6, 6.07) is 0. The van der Waals surface area contributed by atoms with Crippen LogP contribution in [0.5, 0.6) is 0 Å². The first-order chi connectivity index (χ1) is 3.81. The smallest absolute Gasteiger partial charge is 0.389 e. The van der Waals surface area contributed by atoms with Crippen LogP contribution in [-0.4, -0.2) is 30.0 Å². The molecule has 0 radical (unpaired) electrons. The highest BCUT2D eigenvalue weighted by Gasteiger charge is 1.98. The molecule has 2 nitrogen and oxygen atoms in total. The largest absolute Gasteiger partial charge is 0.426 e. The summed E-state index contributed by atoms with van der Waals surface area (Å²) >= 11 is 5.34. The molecule has 0 N–H and O–H groups in total. The minimum Gasteiger partial charge on any atom is -0.389 e. The van der Waals surface area contributed by atoms with Gasteiger partial charge in [0, 0.05) is 14.2 Å². The minimum absolute atomic E-state index is 0.500. The van der Waals surface area contributed by atoms with Crippen LogP contribution < -0.4 is 0 Å². The number of alkyl halides is 1. The molecule has 0 heterocycles. The van der Waals surface area contributed by atoms with E-state index >= 15 is 0 Å². The van der Waals surface area contributed by atoms with Crippen molar-refractivity contribution in [2.75, 3.05) is 21.4 Å². The standard InChI is InChI=1S/C2H7ClO2Si.CH3F/c1-4-6(3)5-2;1-2/h6H,1-2H3;1H3. The van der Waals surface area contributed by atoms with Crippen molar-refractivity contribution in [3.8, 4) is 0 Å². The molecule has 0 aromatic heterocycles. The van der Waals surface area contributed by atoms with Crippen LogP contribution in [0, 0.1) is 0 Å². The monoisotopic (exact) mass is 160 g/mol. The van der Waals surface area contributed by atoms with E-state index in [0.29, 0.717) is 7.18 Å². The molecule has 0 aliphatic rings. The molecule has 0 bridgehead atoms. The second-order valence-corrected chi connectivity index (χ2v) is 3.31. The molecule has 52 valence electrons. The summed E-state index contributed by atoms with van der Waals surface area (Å²) in [5.74, 6) is 0. The fraction of sp³-hybridized carbons (Fsp3) is 1.00. The van der Waals surface area contributed by atoms with Crippen LogP contribution in [-0.2, 0) is 8.85 Å². The predicted molar refractivity (Wildman–Crippen MR) is 34.1 cm³/mol. The molecule has 0 unspecified atom stereocenters. The fourth-order valence-electron chi connectivity index (χ4n) is 0.0962. The van der Waals surface area contributed by atoms with Gasteiger partial charge in [0.05, 0.1) is 7.18 Å². The van der Waals surface area contributed by atoms with Gasteiger partial charge < -0.3 is 8.85 Å². The Labute approximate surface area is 55.1 Å². The van der Waals surface area contributed by atoms with E-state index in [0.717, 1.165) is 0 Å². The van der Waals surface area contributed by atoms with Crippen molar-refractivity contribution in [3.63, 3.8) is 0 Å². The molecular weight excluding hydrogens is 151 g/mol. The average molecular weight is 161 g/mol. The Morgan fingerprint density at radius 2 is 1.50 bits per heavy atom. The van der Waals surface area contributed by atoms with Crippen molar-refractivity contribution in [1.29, 1.82) is 0 Å². The predicted octanol–water partition coefficient (Wildman–Crippen LogP) is 0.821. The van der Waals surface area contributed by atoms with Crippen molar-refractivity contribution in [2.24, 2.45) is 0 Å². The van der Waals surface area contributed by atoms with Gasteiger partial charge >= 0.3 is 8.59 Å². The number of hydrogen-bond donors (Lipinski definition) is 0. The lowest BCUT2D eigenvalue weighted by Crippen LogP contribution is -2.09. The number of hydrogen-bond acceptors (Lipinski definition) is 2. The zero-order valence-corrected chi connectivity index (χ0v) is 7.06. The van der Waals surface area contributed by atoms with Gasteiger partial charge in [-0.2, -0.15) is 0 Å². The van der Waals surface area contributed by atoms with Crippen LogP contribution in [0.3, 0.4) is 0 Å². The van der Waals surface area contributed by atoms with Crippen molar-refractivity contribution in [1.82, 2.24) is 0 Å². The van der Waals surface area contributed by atoms with E-state index in [2.05, 4.69) is 8.85 Å². The Balaban J connectivity index is 0. The zero-order chi connectivity index (χ0) is 6.99. The summed E-state index contributed by atoms with van der Waals surface area (Å²) in [5, 5.41) is 0. The van der Waals surface area contributed by atoms with Crippen molar-refractivity contribution >= 4 is 19.7 Å². The van der Waals surface area contributed by atoms with Gasteiger partial charge in [-0.15, -0.1) is 11.1 Å². The van der Waals surface area contributed by atoms with E-state index < -0.39 is 8.59 Å². The fourth-order valence-corrected chi connectivity index (χ4v) is 0.289. The van der Waals surface area contributed by atoms with Crippen molar-refractivity contribution in [3.05, 3.63) is 0 Å². The van der Waals surface area contributed by atoms with Gasteiger partial charge in [0.25, 0.3) is 0 Å². The highest BCUT2D eigenvalue weighted by atomic mass is 35.6. The van der Waals surface area contributed by atoms with Crippen molar-refractivity contribution in [2.45, 2.75) is 0 Å². The number of rotatable bonds is 2. The molecule has 0 fully saturated rings. The highest BCUT2D eigenvalue weighted by molar-refractivity contribution is 6.99. The quantitative estimate of drug-likeness (QED) is 0.440. The zero-order valence-electron chi connectivity index (χ0n) is 5.15. The van der Waals surface area contributed by atoms with Gasteiger partial charge in [-0.25, -0.2) is 0 Å². The average Bonchev–Trinajstić information content (AvgIpc) is 1.91. The van der Waals surface area contributed by atoms with Crippen LogP contribution in [0.25, 0.3) is 0 Å². The summed E-state index contributed by atoms with van der Waals surface area (Å²) in [4.78, 5) is 0.